The van der Waals surface area contributed by atoms with Crippen LogP contribution in [0.25, 0.3) is 11.2 Å². The zero-order valence-corrected chi connectivity index (χ0v) is 18.0. The average molecular weight is 472 g/mol. The van der Waals surface area contributed by atoms with Gasteiger partial charge < -0.3 is 29.6 Å². The first kappa shape index (κ1) is 20.6. The first-order valence-electron chi connectivity index (χ1n) is 10.6. The van der Waals surface area contributed by atoms with Gasteiger partial charge in [0.05, 0.1) is 41.4 Å². The van der Waals surface area contributed by atoms with Gasteiger partial charge in [0.25, 0.3) is 6.01 Å². The van der Waals surface area contributed by atoms with Gasteiger partial charge in [-0.3, -0.25) is 0 Å². The minimum atomic E-state index is -0.662. The molecule has 11 heteroatoms. The molecule has 0 saturated carbocycles. The fraction of sp³-hybridized carbons (Fsp3) is 0.409. The number of anilines is 1. The van der Waals surface area contributed by atoms with Crippen LogP contribution in [0.1, 0.15) is 29.2 Å². The molecule has 33 heavy (non-hydrogen) atoms. The summed E-state index contributed by atoms with van der Waals surface area (Å²) in [6.45, 7) is 0.495. The number of hydrogen-bond acceptors (Lipinski definition) is 8. The normalized spacial score (nSPS) is 28.0. The van der Waals surface area contributed by atoms with Crippen molar-refractivity contribution in [1.29, 1.82) is 5.26 Å². The predicted octanol–water partition coefficient (Wildman–Crippen LogP) is 2.63. The highest BCUT2D eigenvalue weighted by molar-refractivity contribution is 6.33. The van der Waals surface area contributed by atoms with Crippen molar-refractivity contribution >= 4 is 28.6 Å². The number of aryl methyl sites for hydroxylation is 1. The largest absolute Gasteiger partial charge is 0.456 e. The first-order valence-corrected chi connectivity index (χ1v) is 11.0. The van der Waals surface area contributed by atoms with Crippen LogP contribution in [0.3, 0.4) is 0 Å². The Hall–Kier alpha value is -2.97. The highest BCUT2D eigenvalue weighted by Crippen LogP contribution is 2.38. The number of ether oxygens (including phenoxy) is 3. The molecular formula is C22H19ClFN5O4. The second kappa shape index (κ2) is 7.81. The van der Waals surface area contributed by atoms with Gasteiger partial charge in [0.1, 0.15) is 29.9 Å². The molecule has 2 aromatic heterocycles. The zero-order chi connectivity index (χ0) is 22.7. The molecule has 0 amide bonds. The SMILES string of the molecule is N#Cc1cc(F)c2c(c1)CC[C@@H]2Nc1nc2nc(O[C@@H]3CO[C@H]4[C@@H]3OC[C@H]4O)[nH]c2cc1Cl. The number of aliphatic hydroxyl groups excluding tert-OH is 1. The number of nitrogens with one attached hydrogen (secondary N) is 2. The monoisotopic (exact) mass is 471 g/mol. The molecule has 3 N–H and O–H groups in total. The van der Waals surface area contributed by atoms with E-state index in [2.05, 4.69) is 20.3 Å². The summed E-state index contributed by atoms with van der Waals surface area (Å²) in [7, 11) is 0. The Balaban J connectivity index is 1.23. The van der Waals surface area contributed by atoms with Gasteiger partial charge in [-0.15, -0.1) is 0 Å². The predicted molar refractivity (Wildman–Crippen MR) is 115 cm³/mol. The van der Waals surface area contributed by atoms with E-state index >= 15 is 0 Å². The number of halogens is 2. The van der Waals surface area contributed by atoms with Gasteiger partial charge in [-0.25, -0.2) is 9.37 Å². The second-order valence-corrected chi connectivity index (χ2v) is 8.84. The fourth-order valence-corrected chi connectivity index (χ4v) is 5.04. The highest BCUT2D eigenvalue weighted by Gasteiger charge is 2.48. The number of imidazole rings is 1. The summed E-state index contributed by atoms with van der Waals surface area (Å²) in [5.74, 6) is -0.0293. The maximum absolute atomic E-state index is 14.6. The van der Waals surface area contributed by atoms with Crippen LogP contribution >= 0.6 is 11.6 Å². The summed E-state index contributed by atoms with van der Waals surface area (Å²) >= 11 is 6.45. The molecule has 1 aromatic carbocycles. The summed E-state index contributed by atoms with van der Waals surface area (Å²) < 4.78 is 31.7. The summed E-state index contributed by atoms with van der Waals surface area (Å²) in [6.07, 6.45) is -0.519. The van der Waals surface area contributed by atoms with Gasteiger partial charge >= 0.3 is 0 Å². The fourth-order valence-electron chi connectivity index (χ4n) is 4.83. The number of H-pyrrole nitrogens is 1. The average Bonchev–Trinajstić information content (AvgIpc) is 3.55. The lowest BCUT2D eigenvalue weighted by Crippen LogP contribution is -2.34. The lowest BCUT2D eigenvalue weighted by atomic mass is 10.0. The Morgan fingerprint density at radius 2 is 2.09 bits per heavy atom. The van der Waals surface area contributed by atoms with Crippen molar-refractivity contribution in [2.24, 2.45) is 0 Å². The van der Waals surface area contributed by atoms with E-state index in [1.165, 1.54) is 6.07 Å². The van der Waals surface area contributed by atoms with E-state index in [0.717, 1.165) is 5.56 Å². The maximum atomic E-state index is 14.6. The third-order valence-electron chi connectivity index (χ3n) is 6.36. The van der Waals surface area contributed by atoms with Crippen molar-refractivity contribution in [3.63, 3.8) is 0 Å². The van der Waals surface area contributed by atoms with Crippen molar-refractivity contribution in [3.8, 4) is 12.1 Å². The van der Waals surface area contributed by atoms with Crippen LogP contribution in [0, 0.1) is 17.1 Å². The van der Waals surface area contributed by atoms with Crippen molar-refractivity contribution in [2.45, 2.75) is 43.3 Å². The number of rotatable bonds is 4. The van der Waals surface area contributed by atoms with E-state index in [-0.39, 0.29) is 31.4 Å². The van der Waals surface area contributed by atoms with Gasteiger partial charge in [-0.05, 0) is 36.6 Å². The zero-order valence-electron chi connectivity index (χ0n) is 17.2. The summed E-state index contributed by atoms with van der Waals surface area (Å²) in [6, 6.07) is 6.57. The Kier molecular flexibility index (Phi) is 4.88. The summed E-state index contributed by atoms with van der Waals surface area (Å²) in [4.78, 5) is 11.9. The van der Waals surface area contributed by atoms with Crippen LogP contribution in [0.2, 0.25) is 5.02 Å². The Morgan fingerprint density at radius 3 is 2.94 bits per heavy atom. The van der Waals surface area contributed by atoms with E-state index in [4.69, 9.17) is 31.1 Å². The number of benzene rings is 1. The van der Waals surface area contributed by atoms with E-state index < -0.39 is 24.1 Å². The van der Waals surface area contributed by atoms with Gasteiger partial charge in [0.2, 0.25) is 0 Å². The Bertz CT molecular complexity index is 1290. The van der Waals surface area contributed by atoms with E-state index in [9.17, 15) is 9.50 Å². The number of hydrogen-bond donors (Lipinski definition) is 3. The molecule has 2 aliphatic heterocycles. The molecule has 0 radical (unpaired) electrons. The molecule has 0 bridgehead atoms. The van der Waals surface area contributed by atoms with Crippen LogP contribution in [-0.4, -0.2) is 57.7 Å². The lowest BCUT2D eigenvalue weighted by Gasteiger charge is -2.16. The minimum absolute atomic E-state index is 0.213. The molecule has 1 aliphatic carbocycles. The number of nitriles is 1. The highest BCUT2D eigenvalue weighted by atomic mass is 35.5. The number of pyridine rings is 1. The number of aromatic amines is 1. The molecule has 2 fully saturated rings. The molecule has 6 rings (SSSR count). The number of fused-ring (bicyclic) bond motifs is 3. The maximum Gasteiger partial charge on any atom is 0.296 e. The van der Waals surface area contributed by atoms with Gasteiger partial charge in [-0.2, -0.15) is 10.2 Å². The first-order chi connectivity index (χ1) is 16.0. The van der Waals surface area contributed by atoms with Crippen LogP contribution in [0.5, 0.6) is 6.01 Å². The molecule has 5 atom stereocenters. The molecular weight excluding hydrogens is 453 g/mol. The van der Waals surface area contributed by atoms with Crippen molar-refractivity contribution in [3.05, 3.63) is 45.7 Å². The number of aliphatic hydroxyl groups is 1. The molecule has 0 spiro atoms. The number of aromatic nitrogens is 3. The van der Waals surface area contributed by atoms with Crippen LogP contribution in [0.4, 0.5) is 10.2 Å². The molecule has 9 nitrogen and oxygen atoms in total. The quantitative estimate of drug-likeness (QED) is 0.530. The van der Waals surface area contributed by atoms with Gasteiger partial charge in [-0.1, -0.05) is 11.6 Å². The topological polar surface area (TPSA) is 125 Å². The van der Waals surface area contributed by atoms with Crippen LogP contribution < -0.4 is 10.1 Å². The molecule has 3 aromatic rings. The van der Waals surface area contributed by atoms with Crippen molar-refractivity contribution in [2.75, 3.05) is 18.5 Å². The van der Waals surface area contributed by atoms with Crippen LogP contribution in [0.15, 0.2) is 18.2 Å². The Morgan fingerprint density at radius 1 is 1.24 bits per heavy atom. The van der Waals surface area contributed by atoms with Crippen LogP contribution in [-0.2, 0) is 15.9 Å². The third-order valence-corrected chi connectivity index (χ3v) is 6.64. The smallest absolute Gasteiger partial charge is 0.296 e. The van der Waals surface area contributed by atoms with Gasteiger partial charge in [0, 0.05) is 5.56 Å². The lowest BCUT2D eigenvalue weighted by molar-refractivity contribution is 0.00706. The second-order valence-electron chi connectivity index (χ2n) is 8.43. The third kappa shape index (κ3) is 3.48. The summed E-state index contributed by atoms with van der Waals surface area (Å²) in [5.41, 5.74) is 2.63. The standard InChI is InChI=1S/C22H19ClFN5O4/c23-11-5-14-21(29-22(27-14)33-16-8-32-18-15(30)7-31-19(16)18)28-20(11)26-13-2-1-10-3-9(6-25)4-12(24)17(10)13/h3-5,13,15-16,18-19,30H,1-2,7-8H2,(H2,26,27,28,29)/t13-,15+,16+,18+,19+/m0/s1. The van der Waals surface area contributed by atoms with E-state index in [0.29, 0.717) is 46.0 Å². The molecule has 4 heterocycles. The summed E-state index contributed by atoms with van der Waals surface area (Å²) in [5, 5.41) is 22.5. The minimum Gasteiger partial charge on any atom is -0.456 e. The van der Waals surface area contributed by atoms with E-state index in [1.807, 2.05) is 6.07 Å². The molecule has 3 aliphatic rings. The molecule has 0 unspecified atom stereocenters. The van der Waals surface area contributed by atoms with Crippen molar-refractivity contribution in [1.82, 2.24) is 15.0 Å². The Labute approximate surface area is 192 Å². The van der Waals surface area contributed by atoms with Gasteiger partial charge in [0.15, 0.2) is 11.8 Å². The van der Waals surface area contributed by atoms with Crippen molar-refractivity contribution < 1.29 is 23.7 Å². The molecule has 2 saturated heterocycles. The number of nitrogens with zero attached hydrogens (tertiary/aromatic N) is 3. The molecule has 170 valence electrons. The van der Waals surface area contributed by atoms with E-state index in [1.54, 1.807) is 12.1 Å².